The highest BCUT2D eigenvalue weighted by molar-refractivity contribution is 5.77. The molecular formula is C42H53N3. The van der Waals surface area contributed by atoms with E-state index in [0.29, 0.717) is 5.62 Å². The minimum absolute atomic E-state index is 0.643. The molecule has 0 unspecified atom stereocenters. The maximum absolute atomic E-state index is 9.30. The van der Waals surface area contributed by atoms with Crippen molar-refractivity contribution < 1.29 is 0 Å². The van der Waals surface area contributed by atoms with Gasteiger partial charge in [-0.2, -0.15) is 0 Å². The average molecular weight is 600 g/mol. The highest BCUT2D eigenvalue weighted by atomic mass is 15.2. The van der Waals surface area contributed by atoms with Gasteiger partial charge in [-0.25, -0.2) is 0 Å². The van der Waals surface area contributed by atoms with Crippen molar-refractivity contribution in [3.8, 4) is 0 Å². The quantitative estimate of drug-likeness (QED) is 0.110. The third-order valence-electron chi connectivity index (χ3n) is 9.44. The molecule has 3 heteroatoms. The van der Waals surface area contributed by atoms with Crippen molar-refractivity contribution in [1.29, 1.82) is 5.41 Å². The van der Waals surface area contributed by atoms with Gasteiger partial charge in [0.15, 0.2) is 0 Å². The first-order valence-corrected chi connectivity index (χ1v) is 17.5. The summed E-state index contributed by atoms with van der Waals surface area (Å²) >= 11 is 0. The van der Waals surface area contributed by atoms with Crippen molar-refractivity contribution in [1.82, 2.24) is 9.13 Å². The van der Waals surface area contributed by atoms with E-state index in [9.17, 15) is 5.41 Å². The highest BCUT2D eigenvalue weighted by Gasteiger charge is 2.13. The monoisotopic (exact) mass is 599 g/mol. The Hall–Kier alpha value is -3.85. The second-order valence-corrected chi connectivity index (χ2v) is 12.8. The zero-order valence-corrected chi connectivity index (χ0v) is 28.2. The number of aromatic nitrogens is 2. The number of nitrogens with zero attached hydrogens (tertiary/aromatic N) is 2. The molecule has 0 radical (unpaired) electrons. The van der Waals surface area contributed by atoms with Gasteiger partial charge in [-0.1, -0.05) is 100 Å². The van der Waals surface area contributed by atoms with Crippen LogP contribution in [-0.2, 0) is 58.0 Å². The van der Waals surface area contributed by atoms with Crippen molar-refractivity contribution in [2.24, 2.45) is 0 Å². The number of hydrogen-bond donors (Lipinski definition) is 1. The van der Waals surface area contributed by atoms with Crippen LogP contribution in [0.3, 0.4) is 0 Å². The molecule has 236 valence electrons. The third kappa shape index (κ3) is 8.45. The van der Waals surface area contributed by atoms with Gasteiger partial charge in [0.1, 0.15) is 0 Å². The van der Waals surface area contributed by atoms with E-state index in [1.807, 2.05) is 0 Å². The van der Waals surface area contributed by atoms with Crippen molar-refractivity contribution in [2.75, 3.05) is 0 Å². The lowest BCUT2D eigenvalue weighted by molar-refractivity contribution is 0.542. The lowest BCUT2D eigenvalue weighted by Gasteiger charge is -2.09. The van der Waals surface area contributed by atoms with Gasteiger partial charge in [0.2, 0.25) is 5.62 Å². The Morgan fingerprint density at radius 2 is 0.911 bits per heavy atom. The fraction of sp³-hybridized carbons (Fsp3) is 0.405. The molecule has 1 aromatic heterocycles. The summed E-state index contributed by atoms with van der Waals surface area (Å²) in [7, 11) is 0. The van der Waals surface area contributed by atoms with Crippen LogP contribution in [-0.4, -0.2) is 9.13 Å². The molecule has 45 heavy (non-hydrogen) atoms. The SMILES string of the molecule is CCc1cc(CC)cc(CCCCn2c(=N)n(CCCCc3cc(CC)cc(CC)c3)c3cc(Cc4ccccc4)ccc32)c1. The van der Waals surface area contributed by atoms with Crippen molar-refractivity contribution in [3.05, 3.63) is 135 Å². The second kappa shape index (κ2) is 15.9. The van der Waals surface area contributed by atoms with Gasteiger partial charge in [-0.3, -0.25) is 5.41 Å². The first-order chi connectivity index (χ1) is 22.0. The number of rotatable bonds is 16. The van der Waals surface area contributed by atoms with Crippen molar-refractivity contribution in [3.63, 3.8) is 0 Å². The molecular weight excluding hydrogens is 546 g/mol. The van der Waals surface area contributed by atoms with Crippen LogP contribution in [0.25, 0.3) is 11.0 Å². The summed E-state index contributed by atoms with van der Waals surface area (Å²) in [5.41, 5.74) is 14.4. The molecule has 0 spiro atoms. The van der Waals surface area contributed by atoms with E-state index < -0.39 is 0 Å². The van der Waals surface area contributed by atoms with Crippen LogP contribution in [0.1, 0.15) is 97.9 Å². The van der Waals surface area contributed by atoms with Crippen LogP contribution >= 0.6 is 0 Å². The Morgan fingerprint density at radius 3 is 1.40 bits per heavy atom. The summed E-state index contributed by atoms with van der Waals surface area (Å²) < 4.78 is 4.54. The van der Waals surface area contributed by atoms with Crippen molar-refractivity contribution >= 4 is 11.0 Å². The molecule has 0 fully saturated rings. The minimum Gasteiger partial charge on any atom is -0.310 e. The van der Waals surface area contributed by atoms with Gasteiger partial charge in [0.25, 0.3) is 0 Å². The Bertz CT molecular complexity index is 1690. The number of benzene rings is 4. The van der Waals surface area contributed by atoms with E-state index >= 15 is 0 Å². The van der Waals surface area contributed by atoms with Crippen LogP contribution in [0.4, 0.5) is 0 Å². The van der Waals surface area contributed by atoms with Gasteiger partial charge in [-0.05, 0) is 127 Å². The van der Waals surface area contributed by atoms with Crippen LogP contribution < -0.4 is 5.62 Å². The van der Waals surface area contributed by atoms with E-state index in [1.165, 1.54) is 55.5 Å². The summed E-state index contributed by atoms with van der Waals surface area (Å²) in [6.07, 6.45) is 11.9. The molecule has 5 rings (SSSR count). The van der Waals surface area contributed by atoms with E-state index in [2.05, 4.69) is 122 Å². The lowest BCUT2D eigenvalue weighted by atomic mass is 9.99. The van der Waals surface area contributed by atoms with Gasteiger partial charge in [0, 0.05) is 13.1 Å². The Kier molecular flexibility index (Phi) is 11.5. The first-order valence-electron chi connectivity index (χ1n) is 17.5. The summed E-state index contributed by atoms with van der Waals surface area (Å²) in [4.78, 5) is 0. The molecule has 0 amide bonds. The van der Waals surface area contributed by atoms with Crippen molar-refractivity contribution in [2.45, 2.75) is 111 Å². The maximum Gasteiger partial charge on any atom is 0.202 e. The largest absolute Gasteiger partial charge is 0.310 e. The van der Waals surface area contributed by atoms with Gasteiger partial charge >= 0.3 is 0 Å². The molecule has 4 aromatic carbocycles. The van der Waals surface area contributed by atoms with Gasteiger partial charge in [0.05, 0.1) is 11.0 Å². The fourth-order valence-corrected chi connectivity index (χ4v) is 6.76. The fourth-order valence-electron chi connectivity index (χ4n) is 6.76. The second-order valence-electron chi connectivity index (χ2n) is 12.8. The Labute approximate surface area is 271 Å². The summed E-state index contributed by atoms with van der Waals surface area (Å²) in [6.45, 7) is 10.8. The number of fused-ring (bicyclic) bond motifs is 1. The van der Waals surface area contributed by atoms with Gasteiger partial charge in [-0.15, -0.1) is 0 Å². The zero-order valence-electron chi connectivity index (χ0n) is 28.2. The first kappa shape index (κ1) is 32.5. The predicted molar refractivity (Wildman–Crippen MR) is 191 cm³/mol. The summed E-state index contributed by atoms with van der Waals surface area (Å²) in [5, 5.41) is 9.30. The topological polar surface area (TPSA) is 33.7 Å². The number of imidazole rings is 1. The third-order valence-corrected chi connectivity index (χ3v) is 9.44. The number of unbranched alkanes of at least 4 members (excludes halogenated alkanes) is 2. The average Bonchev–Trinajstić information content (AvgIpc) is 3.34. The standard InChI is InChI=1S/C42H53N3/c1-5-32-24-33(6-2)27-37(26-32)18-12-14-22-44-40-21-20-39(30-36-16-10-9-11-17-36)31-41(40)45(42(44)43)23-15-13-19-38-28-34(7-3)25-35(8-4)29-38/h9-11,16-17,20-21,24-29,31,43H,5-8,12-15,18-19,22-23,30H2,1-4H3. The number of hydrogen-bond acceptors (Lipinski definition) is 1. The Morgan fingerprint density at radius 1 is 0.444 bits per heavy atom. The zero-order chi connectivity index (χ0) is 31.6. The molecule has 5 aromatic rings. The van der Waals surface area contributed by atoms with Gasteiger partial charge < -0.3 is 9.13 Å². The van der Waals surface area contributed by atoms with E-state index in [0.717, 1.165) is 83.7 Å². The van der Waals surface area contributed by atoms with E-state index in [1.54, 1.807) is 0 Å². The number of aryl methyl sites for hydroxylation is 8. The highest BCUT2D eigenvalue weighted by Crippen LogP contribution is 2.21. The van der Waals surface area contributed by atoms with Crippen LogP contribution in [0.5, 0.6) is 0 Å². The molecule has 1 heterocycles. The van der Waals surface area contributed by atoms with Crippen LogP contribution in [0, 0.1) is 5.41 Å². The summed E-state index contributed by atoms with van der Waals surface area (Å²) in [6, 6.07) is 31.9. The predicted octanol–water partition coefficient (Wildman–Crippen LogP) is 9.81. The lowest BCUT2D eigenvalue weighted by Crippen LogP contribution is -2.25. The van der Waals surface area contributed by atoms with Crippen LogP contribution in [0.2, 0.25) is 0 Å². The number of nitrogens with one attached hydrogen (secondary N) is 1. The minimum atomic E-state index is 0.643. The molecule has 1 N–H and O–H groups in total. The normalized spacial score (nSPS) is 11.5. The smallest absolute Gasteiger partial charge is 0.202 e. The molecule has 0 aliphatic rings. The molecule has 0 atom stereocenters. The molecule has 0 saturated carbocycles. The molecule has 0 saturated heterocycles. The maximum atomic E-state index is 9.30. The van der Waals surface area contributed by atoms with E-state index in [4.69, 9.17) is 0 Å². The molecule has 0 bridgehead atoms. The van der Waals surface area contributed by atoms with Crippen LogP contribution in [0.15, 0.2) is 84.9 Å². The summed E-state index contributed by atoms with van der Waals surface area (Å²) in [5.74, 6) is 0. The van der Waals surface area contributed by atoms with E-state index in [-0.39, 0.29) is 0 Å². The molecule has 0 aliphatic carbocycles. The Balaban J connectivity index is 1.32. The molecule has 0 aliphatic heterocycles. The molecule has 3 nitrogen and oxygen atoms in total.